The van der Waals surface area contributed by atoms with Crippen LogP contribution in [0.1, 0.15) is 361 Å². The summed E-state index contributed by atoms with van der Waals surface area (Å²) in [5.41, 5.74) is 0. The molecular formula is C62H125NO5. The minimum atomic E-state index is -1.26. The second-order valence-corrected chi connectivity index (χ2v) is 22.1. The Labute approximate surface area is 426 Å². The monoisotopic (exact) mass is 964 g/mol. The van der Waals surface area contributed by atoms with E-state index in [1.807, 2.05) is 0 Å². The van der Waals surface area contributed by atoms with Crippen LogP contribution < -0.4 is 5.32 Å². The SMILES string of the molecule is CCCCCCCCCCCCCCCCCCCCCCCCCCCCCCCCCCC(O)C(O)C(CO)NC(=O)C(O)CCCCCCCCCCCCCCCCCCCCCC. The molecule has 0 aromatic carbocycles. The van der Waals surface area contributed by atoms with E-state index in [9.17, 15) is 25.2 Å². The first kappa shape index (κ1) is 67.3. The zero-order valence-corrected chi connectivity index (χ0v) is 46.4. The van der Waals surface area contributed by atoms with Crippen molar-refractivity contribution in [1.29, 1.82) is 0 Å². The molecule has 0 aliphatic heterocycles. The molecule has 0 aromatic rings. The molecule has 0 aromatic heterocycles. The summed E-state index contributed by atoms with van der Waals surface area (Å²) in [6, 6.07) is -0.981. The van der Waals surface area contributed by atoms with Gasteiger partial charge in [0.25, 0.3) is 0 Å². The number of aliphatic hydroxyl groups excluding tert-OH is 4. The van der Waals surface area contributed by atoms with Crippen molar-refractivity contribution in [2.45, 2.75) is 385 Å². The summed E-state index contributed by atoms with van der Waals surface area (Å²) in [4.78, 5) is 12.6. The standard InChI is InChI=1S/C62H125NO5/c1-3-5-7-9-11-13-15-17-19-21-23-25-26-27-28-29-30-31-32-33-34-35-36-38-39-41-43-45-47-49-51-53-55-59(65)61(67)58(57-64)63-62(68)60(66)56-54-52-50-48-46-44-42-40-37-24-22-20-18-16-14-12-10-8-6-4-2/h58-61,64-67H,3-57H2,1-2H3,(H,63,68). The molecule has 6 heteroatoms. The van der Waals surface area contributed by atoms with Crippen LogP contribution in [0, 0.1) is 0 Å². The van der Waals surface area contributed by atoms with Gasteiger partial charge in [0.05, 0.1) is 18.8 Å². The average Bonchev–Trinajstić information content (AvgIpc) is 3.34. The van der Waals surface area contributed by atoms with Gasteiger partial charge in [-0.25, -0.2) is 0 Å². The maximum atomic E-state index is 12.6. The fourth-order valence-corrected chi connectivity index (χ4v) is 10.4. The number of aliphatic hydroxyl groups is 4. The van der Waals surface area contributed by atoms with E-state index in [0.29, 0.717) is 12.8 Å². The predicted molar refractivity (Wildman–Crippen MR) is 298 cm³/mol. The number of unbranched alkanes of at least 4 members (excludes halogenated alkanes) is 50. The molecule has 1 amide bonds. The Balaban J connectivity index is 3.52. The van der Waals surface area contributed by atoms with Gasteiger partial charge in [-0.3, -0.25) is 4.79 Å². The lowest BCUT2D eigenvalue weighted by molar-refractivity contribution is -0.132. The van der Waals surface area contributed by atoms with Crippen LogP contribution in [0.15, 0.2) is 0 Å². The number of amides is 1. The number of hydrogen-bond acceptors (Lipinski definition) is 5. The second kappa shape index (κ2) is 57.2. The predicted octanol–water partition coefficient (Wildman–Crippen LogP) is 18.7. The molecule has 0 aliphatic rings. The molecule has 6 nitrogen and oxygen atoms in total. The van der Waals surface area contributed by atoms with Crippen LogP contribution in [-0.4, -0.2) is 57.3 Å². The summed E-state index contributed by atoms with van der Waals surface area (Å²) >= 11 is 0. The third-order valence-electron chi connectivity index (χ3n) is 15.3. The lowest BCUT2D eigenvalue weighted by Crippen LogP contribution is -2.53. The maximum Gasteiger partial charge on any atom is 0.249 e. The van der Waals surface area contributed by atoms with Gasteiger partial charge in [-0.2, -0.15) is 0 Å². The van der Waals surface area contributed by atoms with E-state index in [0.717, 1.165) is 38.5 Å². The van der Waals surface area contributed by atoms with Crippen molar-refractivity contribution < 1.29 is 25.2 Å². The van der Waals surface area contributed by atoms with Gasteiger partial charge in [-0.15, -0.1) is 0 Å². The number of carbonyl (C=O) groups excluding carboxylic acids is 1. The van der Waals surface area contributed by atoms with Crippen LogP contribution in [0.3, 0.4) is 0 Å². The van der Waals surface area contributed by atoms with Crippen molar-refractivity contribution in [2.75, 3.05) is 6.61 Å². The van der Waals surface area contributed by atoms with Gasteiger partial charge in [-0.05, 0) is 12.8 Å². The Morgan fingerprint density at radius 2 is 0.500 bits per heavy atom. The second-order valence-electron chi connectivity index (χ2n) is 22.1. The highest BCUT2D eigenvalue weighted by atomic mass is 16.3. The quantitative estimate of drug-likeness (QED) is 0.0390. The molecule has 5 N–H and O–H groups in total. The Morgan fingerprint density at radius 1 is 0.309 bits per heavy atom. The van der Waals surface area contributed by atoms with Crippen LogP contribution in [0.5, 0.6) is 0 Å². The van der Waals surface area contributed by atoms with Crippen LogP contribution in [0.4, 0.5) is 0 Å². The number of rotatable bonds is 59. The Hall–Kier alpha value is -0.690. The molecule has 0 radical (unpaired) electrons. The first-order chi connectivity index (χ1) is 33.5. The summed E-state index contributed by atoms with van der Waals surface area (Å²) < 4.78 is 0. The molecule has 68 heavy (non-hydrogen) atoms. The molecule has 4 unspecified atom stereocenters. The van der Waals surface area contributed by atoms with Crippen molar-refractivity contribution in [2.24, 2.45) is 0 Å². The van der Waals surface area contributed by atoms with Crippen molar-refractivity contribution in [3.05, 3.63) is 0 Å². The Kier molecular flexibility index (Phi) is 56.6. The smallest absolute Gasteiger partial charge is 0.249 e. The molecule has 0 fully saturated rings. The summed E-state index contributed by atoms with van der Waals surface area (Å²) in [7, 11) is 0. The van der Waals surface area contributed by atoms with E-state index in [1.165, 1.54) is 295 Å². The zero-order chi connectivity index (χ0) is 49.5. The van der Waals surface area contributed by atoms with Gasteiger partial charge >= 0.3 is 0 Å². The molecule has 0 rings (SSSR count). The first-order valence-corrected chi connectivity index (χ1v) is 31.4. The van der Waals surface area contributed by atoms with Crippen LogP contribution in [-0.2, 0) is 4.79 Å². The fraction of sp³-hybridized carbons (Fsp3) is 0.984. The van der Waals surface area contributed by atoms with Gasteiger partial charge in [-0.1, -0.05) is 348 Å². The fourth-order valence-electron chi connectivity index (χ4n) is 10.4. The van der Waals surface area contributed by atoms with E-state index >= 15 is 0 Å². The van der Waals surface area contributed by atoms with Crippen LogP contribution in [0.2, 0.25) is 0 Å². The van der Waals surface area contributed by atoms with E-state index in [2.05, 4.69) is 19.2 Å². The third kappa shape index (κ3) is 50.3. The van der Waals surface area contributed by atoms with Crippen molar-refractivity contribution >= 4 is 5.91 Å². The molecule has 0 saturated carbocycles. The minimum absolute atomic E-state index is 0.376. The van der Waals surface area contributed by atoms with Gasteiger partial charge in [0.15, 0.2) is 0 Å². The molecule has 0 heterocycles. The number of hydrogen-bond donors (Lipinski definition) is 5. The highest BCUT2D eigenvalue weighted by molar-refractivity contribution is 5.80. The molecular weight excluding hydrogens is 839 g/mol. The molecule has 0 bridgehead atoms. The summed E-state index contributed by atoms with van der Waals surface area (Å²) in [6.07, 6.45) is 67.7. The molecule has 408 valence electrons. The lowest BCUT2D eigenvalue weighted by atomic mass is 9.99. The highest BCUT2D eigenvalue weighted by Gasteiger charge is 2.28. The van der Waals surface area contributed by atoms with Crippen LogP contribution in [0.25, 0.3) is 0 Å². The van der Waals surface area contributed by atoms with Crippen LogP contribution >= 0.6 is 0 Å². The normalized spacial score (nSPS) is 13.6. The molecule has 4 atom stereocenters. The maximum absolute atomic E-state index is 12.6. The van der Waals surface area contributed by atoms with Gasteiger partial charge in [0.2, 0.25) is 5.91 Å². The summed E-state index contributed by atoms with van der Waals surface area (Å²) in [5.74, 6) is -0.575. The first-order valence-electron chi connectivity index (χ1n) is 31.4. The van der Waals surface area contributed by atoms with E-state index < -0.39 is 36.9 Å². The van der Waals surface area contributed by atoms with E-state index in [4.69, 9.17) is 0 Å². The largest absolute Gasteiger partial charge is 0.394 e. The van der Waals surface area contributed by atoms with Gasteiger partial charge in [0.1, 0.15) is 12.2 Å². The van der Waals surface area contributed by atoms with Gasteiger partial charge < -0.3 is 25.7 Å². The van der Waals surface area contributed by atoms with Crippen molar-refractivity contribution in [1.82, 2.24) is 5.32 Å². The van der Waals surface area contributed by atoms with E-state index in [-0.39, 0.29) is 0 Å². The molecule has 0 aliphatic carbocycles. The van der Waals surface area contributed by atoms with E-state index in [1.54, 1.807) is 0 Å². The topological polar surface area (TPSA) is 110 Å². The number of nitrogens with one attached hydrogen (secondary N) is 1. The van der Waals surface area contributed by atoms with Gasteiger partial charge in [0, 0.05) is 0 Å². The zero-order valence-electron chi connectivity index (χ0n) is 46.4. The third-order valence-corrected chi connectivity index (χ3v) is 15.3. The van der Waals surface area contributed by atoms with Crippen molar-refractivity contribution in [3.8, 4) is 0 Å². The summed E-state index contributed by atoms with van der Waals surface area (Å²) in [6.45, 7) is 4.11. The Morgan fingerprint density at radius 3 is 0.706 bits per heavy atom. The average molecular weight is 965 g/mol. The molecule has 0 spiro atoms. The summed E-state index contributed by atoms with van der Waals surface area (Å²) in [5, 5.41) is 44.1. The Bertz CT molecular complexity index is 948. The molecule has 0 saturated heterocycles. The minimum Gasteiger partial charge on any atom is -0.394 e. The highest BCUT2D eigenvalue weighted by Crippen LogP contribution is 2.19. The number of carbonyl (C=O) groups is 1. The van der Waals surface area contributed by atoms with Crippen molar-refractivity contribution in [3.63, 3.8) is 0 Å². The lowest BCUT2D eigenvalue weighted by Gasteiger charge is -2.27.